The number of nitrogens with zero attached hydrogens (tertiary/aromatic N) is 3. The topological polar surface area (TPSA) is 85.1 Å². The Kier molecular flexibility index (Phi) is 3.18. The first-order valence-electron chi connectivity index (χ1n) is 5.27. The molecular formula is C11H13N3O3S. The molecule has 18 heavy (non-hydrogen) atoms. The lowest BCUT2D eigenvalue weighted by Gasteiger charge is -2.05. The second-order valence-electron chi connectivity index (χ2n) is 4.02. The third-order valence-corrected chi connectivity index (χ3v) is 3.54. The van der Waals surface area contributed by atoms with Crippen molar-refractivity contribution in [1.82, 2.24) is 14.8 Å². The molecule has 0 fully saturated rings. The third kappa shape index (κ3) is 2.57. The van der Waals surface area contributed by atoms with Crippen LogP contribution >= 0.6 is 0 Å². The minimum atomic E-state index is -3.26. The van der Waals surface area contributed by atoms with Crippen LogP contribution in [-0.2, 0) is 9.84 Å². The summed E-state index contributed by atoms with van der Waals surface area (Å²) < 4.78 is 24.0. The lowest BCUT2D eigenvalue weighted by atomic mass is 10.2. The molecule has 0 bridgehead atoms. The van der Waals surface area contributed by atoms with Crippen molar-refractivity contribution in [1.29, 1.82) is 0 Å². The van der Waals surface area contributed by atoms with Crippen LogP contribution in [0, 0.1) is 0 Å². The number of sulfone groups is 1. The van der Waals surface area contributed by atoms with Gasteiger partial charge in [0.1, 0.15) is 4.90 Å². The number of hydrogen-bond acceptors (Lipinski definition) is 5. The number of aromatic nitrogens is 3. The zero-order chi connectivity index (χ0) is 13.3. The number of pyridine rings is 1. The molecule has 1 atom stereocenters. The highest BCUT2D eigenvalue weighted by Crippen LogP contribution is 2.14. The molecule has 0 radical (unpaired) electrons. The summed E-state index contributed by atoms with van der Waals surface area (Å²) in [4.78, 5) is 4.25. The Morgan fingerprint density at radius 3 is 2.50 bits per heavy atom. The molecule has 2 aromatic heterocycles. The fourth-order valence-electron chi connectivity index (χ4n) is 1.40. The maximum Gasteiger partial charge on any atom is 0.178 e. The van der Waals surface area contributed by atoms with Crippen molar-refractivity contribution < 1.29 is 13.5 Å². The van der Waals surface area contributed by atoms with E-state index in [-0.39, 0.29) is 4.90 Å². The summed E-state index contributed by atoms with van der Waals surface area (Å²) in [5.74, 6) is 0.495. The first-order valence-corrected chi connectivity index (χ1v) is 7.16. The fourth-order valence-corrected chi connectivity index (χ4v) is 1.93. The van der Waals surface area contributed by atoms with E-state index in [1.165, 1.54) is 23.3 Å². The van der Waals surface area contributed by atoms with Gasteiger partial charge in [-0.05, 0) is 18.6 Å². The van der Waals surface area contributed by atoms with Crippen molar-refractivity contribution >= 4 is 9.84 Å². The van der Waals surface area contributed by atoms with E-state index < -0.39 is 15.9 Å². The highest BCUT2D eigenvalue weighted by atomic mass is 32.2. The monoisotopic (exact) mass is 267 g/mol. The number of aliphatic hydroxyl groups is 1. The number of hydrogen-bond donors (Lipinski definition) is 1. The Morgan fingerprint density at radius 1 is 1.33 bits per heavy atom. The fraction of sp³-hybridized carbons (Fsp3) is 0.273. The van der Waals surface area contributed by atoms with Gasteiger partial charge in [0.25, 0.3) is 0 Å². The summed E-state index contributed by atoms with van der Waals surface area (Å²) in [6.07, 6.45) is 4.75. The summed E-state index contributed by atoms with van der Waals surface area (Å²) in [5, 5.41) is 13.3. The van der Waals surface area contributed by atoms with E-state index in [1.54, 1.807) is 19.1 Å². The van der Waals surface area contributed by atoms with Crippen LogP contribution in [0.4, 0.5) is 0 Å². The lowest BCUT2D eigenvalue weighted by Crippen LogP contribution is -2.00. The maximum atomic E-state index is 11.3. The van der Waals surface area contributed by atoms with Gasteiger partial charge >= 0.3 is 0 Å². The Bertz CT molecular complexity index is 644. The van der Waals surface area contributed by atoms with Crippen LogP contribution in [-0.4, -0.2) is 34.5 Å². The Morgan fingerprint density at radius 2 is 2.06 bits per heavy atom. The van der Waals surface area contributed by atoms with Gasteiger partial charge in [-0.3, -0.25) is 0 Å². The quantitative estimate of drug-likeness (QED) is 0.885. The van der Waals surface area contributed by atoms with Crippen molar-refractivity contribution in [2.45, 2.75) is 17.9 Å². The molecule has 0 aliphatic heterocycles. The summed E-state index contributed by atoms with van der Waals surface area (Å²) in [5.41, 5.74) is 0.689. The molecule has 96 valence electrons. The minimum Gasteiger partial charge on any atom is -0.389 e. The van der Waals surface area contributed by atoms with Crippen LogP contribution in [0.25, 0.3) is 5.82 Å². The highest BCUT2D eigenvalue weighted by molar-refractivity contribution is 7.90. The Hall–Kier alpha value is -1.73. The van der Waals surface area contributed by atoms with Gasteiger partial charge in [0, 0.05) is 12.5 Å². The van der Waals surface area contributed by atoms with Crippen LogP contribution in [0.2, 0.25) is 0 Å². The zero-order valence-electron chi connectivity index (χ0n) is 9.98. The molecule has 2 aromatic rings. The smallest absolute Gasteiger partial charge is 0.178 e. The molecule has 6 nitrogen and oxygen atoms in total. The molecule has 0 saturated carbocycles. The van der Waals surface area contributed by atoms with Gasteiger partial charge in [0.05, 0.1) is 18.5 Å². The molecule has 0 aromatic carbocycles. The van der Waals surface area contributed by atoms with Crippen LogP contribution in [0.1, 0.15) is 18.6 Å². The number of aliphatic hydroxyl groups excluding tert-OH is 1. The number of rotatable bonds is 3. The maximum absolute atomic E-state index is 11.3. The van der Waals surface area contributed by atoms with Crippen molar-refractivity contribution in [3.8, 4) is 5.82 Å². The highest BCUT2D eigenvalue weighted by Gasteiger charge is 2.11. The van der Waals surface area contributed by atoms with Crippen molar-refractivity contribution in [3.05, 3.63) is 36.3 Å². The van der Waals surface area contributed by atoms with Gasteiger partial charge in [-0.15, -0.1) is 0 Å². The largest absolute Gasteiger partial charge is 0.389 e. The molecule has 0 unspecified atom stereocenters. The van der Waals surface area contributed by atoms with Gasteiger partial charge in [0.2, 0.25) is 0 Å². The summed E-state index contributed by atoms with van der Waals surface area (Å²) in [6.45, 7) is 1.65. The first-order chi connectivity index (χ1) is 8.38. The zero-order valence-corrected chi connectivity index (χ0v) is 10.8. The van der Waals surface area contributed by atoms with Crippen LogP contribution in [0.5, 0.6) is 0 Å². The predicted octanol–water partition coefficient (Wildman–Crippen LogP) is 0.724. The van der Waals surface area contributed by atoms with E-state index >= 15 is 0 Å². The van der Waals surface area contributed by atoms with E-state index in [2.05, 4.69) is 10.1 Å². The Balaban J connectivity index is 2.35. The van der Waals surface area contributed by atoms with E-state index in [0.29, 0.717) is 11.4 Å². The molecule has 0 aliphatic rings. The molecule has 0 spiro atoms. The molecule has 1 N–H and O–H groups in total. The molecule has 0 aliphatic carbocycles. The molecule has 0 saturated heterocycles. The second kappa shape index (κ2) is 4.51. The lowest BCUT2D eigenvalue weighted by molar-refractivity contribution is 0.199. The second-order valence-corrected chi connectivity index (χ2v) is 6.03. The van der Waals surface area contributed by atoms with Gasteiger partial charge in [-0.25, -0.2) is 18.1 Å². The minimum absolute atomic E-state index is 0.143. The molecule has 2 heterocycles. The van der Waals surface area contributed by atoms with Crippen LogP contribution in [0.15, 0.2) is 35.6 Å². The van der Waals surface area contributed by atoms with E-state index in [9.17, 15) is 13.5 Å². The van der Waals surface area contributed by atoms with E-state index in [1.807, 2.05) is 0 Å². The molecule has 0 amide bonds. The summed E-state index contributed by atoms with van der Waals surface area (Å²) >= 11 is 0. The van der Waals surface area contributed by atoms with Crippen molar-refractivity contribution in [3.63, 3.8) is 0 Å². The van der Waals surface area contributed by atoms with E-state index in [0.717, 1.165) is 6.26 Å². The third-order valence-electron chi connectivity index (χ3n) is 2.47. The first kappa shape index (κ1) is 12.7. The Labute approximate surface area is 105 Å². The van der Waals surface area contributed by atoms with E-state index in [4.69, 9.17) is 0 Å². The standard InChI is InChI=1S/C11H13N3O3S/c1-8(15)9-3-4-11(12-5-9)14-7-10(6-13-14)18(2,16)17/h3-8,15H,1-2H3/t8-/m1/s1. The van der Waals surface area contributed by atoms with Gasteiger partial charge in [-0.2, -0.15) is 5.10 Å². The van der Waals surface area contributed by atoms with Crippen molar-refractivity contribution in [2.24, 2.45) is 0 Å². The molecular weight excluding hydrogens is 254 g/mol. The molecule has 2 rings (SSSR count). The SMILES string of the molecule is C[C@@H](O)c1ccc(-n2cc(S(C)(=O)=O)cn2)nc1. The normalized spacial score (nSPS) is 13.5. The summed E-state index contributed by atoms with van der Waals surface area (Å²) in [7, 11) is -3.26. The predicted molar refractivity (Wildman–Crippen MR) is 65.1 cm³/mol. The van der Waals surface area contributed by atoms with Gasteiger partial charge in [-0.1, -0.05) is 6.07 Å². The van der Waals surface area contributed by atoms with Crippen LogP contribution in [0.3, 0.4) is 0 Å². The average Bonchev–Trinajstić information content (AvgIpc) is 2.78. The summed E-state index contributed by atoms with van der Waals surface area (Å²) in [6, 6.07) is 3.38. The van der Waals surface area contributed by atoms with Gasteiger partial charge < -0.3 is 5.11 Å². The molecule has 7 heteroatoms. The average molecular weight is 267 g/mol. The van der Waals surface area contributed by atoms with Gasteiger partial charge in [0.15, 0.2) is 15.7 Å². The van der Waals surface area contributed by atoms with Crippen molar-refractivity contribution in [2.75, 3.05) is 6.26 Å². The van der Waals surface area contributed by atoms with Crippen LogP contribution < -0.4 is 0 Å².